The standard InChI is InChI=1S/C16H18F2N2O3.C6H9NO3/c1-9-14(7-19)22-15(20-9)11-4-5-12(23-16(17)18)13(6-11)21-8-10-2-3-10;8-4-7-3-1-2-5(7)6(9)10/h4-6,10,16H,2-3,7-8,19H2,1H3;4-5H,1-3H2,(H,9,10). The molecule has 1 aromatic heterocycles. The Morgan fingerprint density at radius 2 is 2.12 bits per heavy atom. The lowest BCUT2D eigenvalue weighted by Crippen LogP contribution is -2.34. The first-order valence-electron chi connectivity index (χ1n) is 10.6. The fraction of sp³-hybridized carbons (Fsp3) is 0.500. The Kier molecular flexibility index (Phi) is 8.21. The second-order valence-electron chi connectivity index (χ2n) is 7.87. The first kappa shape index (κ1) is 24.4. The van der Waals surface area contributed by atoms with Gasteiger partial charge >= 0.3 is 12.6 Å². The second-order valence-corrected chi connectivity index (χ2v) is 7.87. The lowest BCUT2D eigenvalue weighted by Gasteiger charge is -2.14. The summed E-state index contributed by atoms with van der Waals surface area (Å²) >= 11 is 0. The van der Waals surface area contributed by atoms with Gasteiger partial charge < -0.3 is 29.6 Å². The summed E-state index contributed by atoms with van der Waals surface area (Å²) in [6, 6.07) is 4.07. The Balaban J connectivity index is 0.000000257. The van der Waals surface area contributed by atoms with E-state index in [4.69, 9.17) is 20.0 Å². The van der Waals surface area contributed by atoms with E-state index in [1.165, 1.54) is 11.0 Å². The highest BCUT2D eigenvalue weighted by Crippen LogP contribution is 2.36. The number of nitrogens with two attached hydrogens (primary N) is 1. The summed E-state index contributed by atoms with van der Waals surface area (Å²) in [4.78, 5) is 26.2. The van der Waals surface area contributed by atoms with Crippen LogP contribution in [0.1, 0.15) is 37.1 Å². The molecule has 3 N–H and O–H groups in total. The fourth-order valence-corrected chi connectivity index (χ4v) is 3.36. The van der Waals surface area contributed by atoms with Crippen molar-refractivity contribution in [2.24, 2.45) is 11.7 Å². The normalized spacial score (nSPS) is 17.5. The average molecular weight is 467 g/mol. The summed E-state index contributed by atoms with van der Waals surface area (Å²) in [5, 5.41) is 8.51. The van der Waals surface area contributed by atoms with Crippen LogP contribution in [0.25, 0.3) is 11.5 Å². The number of nitrogens with zero attached hydrogens (tertiary/aromatic N) is 2. The van der Waals surface area contributed by atoms with Crippen LogP contribution in [0, 0.1) is 12.8 Å². The van der Waals surface area contributed by atoms with Gasteiger partial charge in [0.1, 0.15) is 11.8 Å². The zero-order valence-corrected chi connectivity index (χ0v) is 18.2. The van der Waals surface area contributed by atoms with Gasteiger partial charge in [-0.05, 0) is 56.7 Å². The minimum absolute atomic E-state index is 0.00623. The quantitative estimate of drug-likeness (QED) is 0.538. The maximum atomic E-state index is 12.5. The minimum Gasteiger partial charge on any atom is -0.489 e. The number of oxazole rings is 1. The number of carbonyl (C=O) groups excluding carboxylic acids is 1. The van der Waals surface area contributed by atoms with E-state index in [0.29, 0.717) is 54.8 Å². The number of alkyl halides is 2. The Morgan fingerprint density at radius 3 is 2.67 bits per heavy atom. The molecule has 1 saturated heterocycles. The first-order valence-corrected chi connectivity index (χ1v) is 10.6. The molecule has 1 aliphatic heterocycles. The van der Waals surface area contributed by atoms with Gasteiger partial charge in [-0.2, -0.15) is 8.78 Å². The van der Waals surface area contributed by atoms with Crippen molar-refractivity contribution in [2.45, 2.75) is 51.8 Å². The van der Waals surface area contributed by atoms with Gasteiger partial charge in [0.15, 0.2) is 11.5 Å². The van der Waals surface area contributed by atoms with Gasteiger partial charge in [0.05, 0.1) is 18.8 Å². The number of halogens is 2. The van der Waals surface area contributed by atoms with E-state index in [1.54, 1.807) is 19.1 Å². The molecular weight excluding hydrogens is 440 g/mol. The van der Waals surface area contributed by atoms with Crippen molar-refractivity contribution >= 4 is 12.4 Å². The summed E-state index contributed by atoms with van der Waals surface area (Å²) in [6.45, 7) is 0.212. The zero-order chi connectivity index (χ0) is 24.0. The van der Waals surface area contributed by atoms with E-state index in [1.807, 2.05) is 0 Å². The number of carboxylic acids is 1. The molecule has 33 heavy (non-hydrogen) atoms. The van der Waals surface area contributed by atoms with Crippen molar-refractivity contribution < 1.29 is 37.4 Å². The lowest BCUT2D eigenvalue weighted by molar-refractivity contribution is -0.144. The van der Waals surface area contributed by atoms with Crippen LogP contribution >= 0.6 is 0 Å². The van der Waals surface area contributed by atoms with Crippen LogP contribution in [0.3, 0.4) is 0 Å². The molecule has 9 nitrogen and oxygen atoms in total. The van der Waals surface area contributed by atoms with Gasteiger partial charge in [-0.25, -0.2) is 9.78 Å². The molecule has 11 heteroatoms. The molecule has 1 saturated carbocycles. The molecule has 1 unspecified atom stereocenters. The summed E-state index contributed by atoms with van der Waals surface area (Å²) in [6.07, 6.45) is 4.20. The van der Waals surface area contributed by atoms with Crippen molar-refractivity contribution in [3.63, 3.8) is 0 Å². The van der Waals surface area contributed by atoms with Crippen molar-refractivity contribution in [1.82, 2.24) is 9.88 Å². The molecule has 1 atom stereocenters. The van der Waals surface area contributed by atoms with E-state index in [-0.39, 0.29) is 18.0 Å². The number of ether oxygens (including phenoxy) is 2. The van der Waals surface area contributed by atoms with Gasteiger partial charge in [0.25, 0.3) is 0 Å². The van der Waals surface area contributed by atoms with Gasteiger partial charge in [-0.3, -0.25) is 4.79 Å². The number of likely N-dealkylation sites (tertiary alicyclic amines) is 1. The third-order valence-corrected chi connectivity index (χ3v) is 5.37. The molecule has 0 bridgehead atoms. The predicted octanol–water partition coefficient (Wildman–Crippen LogP) is 3.19. The number of aromatic nitrogens is 1. The highest BCUT2D eigenvalue weighted by molar-refractivity contribution is 5.76. The van der Waals surface area contributed by atoms with Crippen LogP contribution in [0.4, 0.5) is 8.78 Å². The molecule has 4 rings (SSSR count). The van der Waals surface area contributed by atoms with E-state index in [0.717, 1.165) is 19.3 Å². The number of hydrogen-bond acceptors (Lipinski definition) is 7. The molecule has 2 fully saturated rings. The van der Waals surface area contributed by atoms with Gasteiger partial charge in [-0.15, -0.1) is 0 Å². The van der Waals surface area contributed by atoms with Crippen LogP contribution in [0.5, 0.6) is 11.5 Å². The Morgan fingerprint density at radius 1 is 1.36 bits per heavy atom. The fourth-order valence-electron chi connectivity index (χ4n) is 3.36. The van der Waals surface area contributed by atoms with E-state index in [9.17, 15) is 18.4 Å². The summed E-state index contributed by atoms with van der Waals surface area (Å²) in [7, 11) is 0. The summed E-state index contributed by atoms with van der Waals surface area (Å²) in [5.41, 5.74) is 6.91. The van der Waals surface area contributed by atoms with Crippen molar-refractivity contribution in [3.05, 3.63) is 29.7 Å². The third-order valence-electron chi connectivity index (χ3n) is 5.37. The number of benzene rings is 1. The highest BCUT2D eigenvalue weighted by atomic mass is 19.3. The first-order chi connectivity index (χ1) is 15.8. The second kappa shape index (κ2) is 11.1. The van der Waals surface area contributed by atoms with Crippen LogP contribution in [-0.4, -0.2) is 53.2 Å². The number of amides is 1. The van der Waals surface area contributed by atoms with E-state index in [2.05, 4.69) is 9.72 Å². The molecule has 1 aromatic carbocycles. The van der Waals surface area contributed by atoms with Gasteiger partial charge in [0.2, 0.25) is 12.3 Å². The summed E-state index contributed by atoms with van der Waals surface area (Å²) < 4.78 is 40.8. The molecule has 2 aliphatic rings. The molecular formula is C22H27F2N3O6. The number of rotatable bonds is 9. The molecule has 2 aromatic rings. The van der Waals surface area contributed by atoms with Crippen LogP contribution < -0.4 is 15.2 Å². The van der Waals surface area contributed by atoms with E-state index < -0.39 is 18.6 Å². The van der Waals surface area contributed by atoms with Crippen molar-refractivity contribution in [3.8, 4) is 23.0 Å². The number of carboxylic acid groups (broad SMARTS) is 1. The van der Waals surface area contributed by atoms with E-state index >= 15 is 0 Å². The topological polar surface area (TPSA) is 128 Å². The lowest BCUT2D eigenvalue weighted by atomic mass is 10.2. The maximum absolute atomic E-state index is 12.5. The summed E-state index contributed by atoms with van der Waals surface area (Å²) in [5.74, 6) is 0.832. The molecule has 0 spiro atoms. The zero-order valence-electron chi connectivity index (χ0n) is 18.2. The largest absolute Gasteiger partial charge is 0.489 e. The smallest absolute Gasteiger partial charge is 0.387 e. The molecule has 2 heterocycles. The maximum Gasteiger partial charge on any atom is 0.387 e. The minimum atomic E-state index is -2.91. The van der Waals surface area contributed by atoms with Gasteiger partial charge in [-0.1, -0.05) is 0 Å². The Bertz CT molecular complexity index is 964. The highest BCUT2D eigenvalue weighted by Gasteiger charge is 2.28. The predicted molar refractivity (Wildman–Crippen MR) is 113 cm³/mol. The molecule has 180 valence electrons. The third kappa shape index (κ3) is 6.64. The molecule has 1 aliphatic carbocycles. The van der Waals surface area contributed by atoms with Crippen molar-refractivity contribution in [1.29, 1.82) is 0 Å². The average Bonchev–Trinajstić information content (AvgIpc) is 3.34. The molecule has 0 radical (unpaired) electrons. The molecule has 1 amide bonds. The monoisotopic (exact) mass is 467 g/mol. The number of aryl methyl sites for hydroxylation is 1. The Hall–Kier alpha value is -3.21. The van der Waals surface area contributed by atoms with Crippen molar-refractivity contribution in [2.75, 3.05) is 13.2 Å². The van der Waals surface area contributed by atoms with Crippen LogP contribution in [0.2, 0.25) is 0 Å². The van der Waals surface area contributed by atoms with Gasteiger partial charge in [0, 0.05) is 12.1 Å². The Labute approximate surface area is 189 Å². The number of hydrogen-bond donors (Lipinski definition) is 2. The SMILES string of the molecule is Cc1nc(-c2ccc(OC(F)F)c(OCC3CC3)c2)oc1CN.O=CN1CCCC1C(=O)O. The number of carbonyl (C=O) groups is 2. The number of aliphatic carboxylic acids is 1. The van der Waals surface area contributed by atoms with Crippen LogP contribution in [-0.2, 0) is 16.1 Å². The van der Waals surface area contributed by atoms with Crippen LogP contribution in [0.15, 0.2) is 22.6 Å².